The molecule has 0 saturated heterocycles. The smallest absolute Gasteiger partial charge is 0.264 e. The van der Waals surface area contributed by atoms with Gasteiger partial charge in [-0.25, -0.2) is 12.8 Å². The number of hydrogen-bond donors (Lipinski definition) is 0. The van der Waals surface area contributed by atoms with Crippen molar-refractivity contribution in [3.63, 3.8) is 0 Å². The van der Waals surface area contributed by atoms with Gasteiger partial charge in [0.15, 0.2) is 0 Å². The fourth-order valence-electron chi connectivity index (χ4n) is 3.80. The minimum atomic E-state index is -3.82. The summed E-state index contributed by atoms with van der Waals surface area (Å²) in [6.45, 7) is 8.40. The van der Waals surface area contributed by atoms with Crippen LogP contribution >= 0.6 is 0 Å². The number of benzene rings is 2. The molecule has 2 aromatic rings. The maximum absolute atomic E-state index is 13.4. The lowest BCUT2D eigenvalue weighted by Crippen LogP contribution is -2.51. The molecule has 0 fully saturated rings. The lowest BCUT2D eigenvalue weighted by atomic mass is 9.82. The minimum Gasteiger partial charge on any atom is -0.494 e. The van der Waals surface area contributed by atoms with Crippen molar-refractivity contribution in [2.75, 3.05) is 10.9 Å². The van der Waals surface area contributed by atoms with E-state index in [4.69, 9.17) is 4.74 Å². The summed E-state index contributed by atoms with van der Waals surface area (Å²) in [6.07, 6.45) is 0.677. The second-order valence-corrected chi connectivity index (χ2v) is 9.08. The Hall–Kier alpha value is -2.08. The second-order valence-electron chi connectivity index (χ2n) is 7.29. The summed E-state index contributed by atoms with van der Waals surface area (Å²) in [4.78, 5) is 0.0846. The van der Waals surface area contributed by atoms with Crippen LogP contribution < -0.4 is 9.04 Å². The quantitative estimate of drug-likeness (QED) is 0.775. The van der Waals surface area contributed by atoms with Crippen LogP contribution in [0.2, 0.25) is 0 Å². The van der Waals surface area contributed by atoms with Crippen LogP contribution in [0.25, 0.3) is 0 Å². The number of halogens is 1. The first-order valence-corrected chi connectivity index (χ1v) is 10.2. The summed E-state index contributed by atoms with van der Waals surface area (Å²) < 4.78 is 47.0. The van der Waals surface area contributed by atoms with Crippen molar-refractivity contribution in [2.24, 2.45) is 0 Å². The molecule has 0 spiro atoms. The zero-order chi connectivity index (χ0) is 19.1. The predicted octanol–water partition coefficient (Wildman–Crippen LogP) is 4.71. The van der Waals surface area contributed by atoms with E-state index >= 15 is 0 Å². The van der Waals surface area contributed by atoms with Crippen molar-refractivity contribution < 1.29 is 17.5 Å². The van der Waals surface area contributed by atoms with Crippen molar-refractivity contribution in [1.29, 1.82) is 0 Å². The summed E-state index contributed by atoms with van der Waals surface area (Å²) in [6, 6.07) is 10.5. The van der Waals surface area contributed by atoms with Gasteiger partial charge in [-0.15, -0.1) is 0 Å². The lowest BCUT2D eigenvalue weighted by molar-refractivity contribution is 0.338. The molecule has 1 aliphatic heterocycles. The molecule has 26 heavy (non-hydrogen) atoms. The van der Waals surface area contributed by atoms with Crippen molar-refractivity contribution in [3.8, 4) is 5.75 Å². The van der Waals surface area contributed by atoms with Gasteiger partial charge in [-0.05, 0) is 81.1 Å². The van der Waals surface area contributed by atoms with Crippen LogP contribution in [0.5, 0.6) is 5.75 Å². The molecule has 6 heteroatoms. The Morgan fingerprint density at radius 1 is 1.19 bits per heavy atom. The number of sulfonamides is 1. The summed E-state index contributed by atoms with van der Waals surface area (Å²) in [5, 5.41) is 0. The Kier molecular flexibility index (Phi) is 4.73. The van der Waals surface area contributed by atoms with Crippen LogP contribution in [0.4, 0.5) is 10.1 Å². The van der Waals surface area contributed by atoms with E-state index in [0.717, 1.165) is 11.3 Å². The Balaban J connectivity index is 2.16. The van der Waals surface area contributed by atoms with Crippen LogP contribution in [-0.4, -0.2) is 20.6 Å². The average molecular weight is 377 g/mol. The monoisotopic (exact) mass is 377 g/mol. The third kappa shape index (κ3) is 3.18. The zero-order valence-electron chi connectivity index (χ0n) is 15.5. The molecule has 0 aliphatic carbocycles. The normalized spacial score (nSPS) is 19.1. The Bertz CT molecular complexity index is 907. The highest BCUT2D eigenvalue weighted by Gasteiger charge is 2.43. The molecule has 140 valence electrons. The SMILES string of the molecule is CCOc1ccc2c(c1)C(C)CC(C)(C)N2S(=O)(=O)c1ccc(F)cc1. The zero-order valence-corrected chi connectivity index (χ0v) is 16.3. The third-order valence-corrected chi connectivity index (χ3v) is 6.81. The number of nitrogens with zero attached hydrogens (tertiary/aromatic N) is 1. The van der Waals surface area contributed by atoms with Gasteiger partial charge >= 0.3 is 0 Å². The van der Waals surface area contributed by atoms with E-state index in [2.05, 4.69) is 6.92 Å². The number of fused-ring (bicyclic) bond motifs is 1. The van der Waals surface area contributed by atoms with Crippen LogP contribution in [0.3, 0.4) is 0 Å². The summed E-state index contributed by atoms with van der Waals surface area (Å²) in [5.74, 6) is 0.467. The summed E-state index contributed by atoms with van der Waals surface area (Å²) in [5.41, 5.74) is 0.995. The fourth-order valence-corrected chi connectivity index (χ4v) is 5.65. The van der Waals surface area contributed by atoms with Crippen LogP contribution in [0.15, 0.2) is 47.4 Å². The lowest BCUT2D eigenvalue weighted by Gasteiger charge is -2.46. The molecule has 0 bridgehead atoms. The maximum Gasteiger partial charge on any atom is 0.264 e. The van der Waals surface area contributed by atoms with Crippen LogP contribution in [0, 0.1) is 5.82 Å². The molecular formula is C20H24FNO3S. The minimum absolute atomic E-state index is 0.0846. The topological polar surface area (TPSA) is 46.6 Å². The van der Waals surface area contributed by atoms with E-state index in [1.165, 1.54) is 28.6 Å². The first-order chi connectivity index (χ1) is 12.2. The van der Waals surface area contributed by atoms with Crippen molar-refractivity contribution in [3.05, 3.63) is 53.8 Å². The van der Waals surface area contributed by atoms with Gasteiger partial charge < -0.3 is 4.74 Å². The number of anilines is 1. The van der Waals surface area contributed by atoms with Crippen LogP contribution in [-0.2, 0) is 10.0 Å². The molecule has 4 nitrogen and oxygen atoms in total. The van der Waals surface area contributed by atoms with E-state index < -0.39 is 21.4 Å². The van der Waals surface area contributed by atoms with Gasteiger partial charge in [-0.2, -0.15) is 0 Å². The molecule has 2 aromatic carbocycles. The molecule has 0 saturated carbocycles. The van der Waals surface area contributed by atoms with Gasteiger partial charge in [-0.3, -0.25) is 4.31 Å². The molecule has 1 heterocycles. The van der Waals surface area contributed by atoms with E-state index in [9.17, 15) is 12.8 Å². The van der Waals surface area contributed by atoms with Crippen LogP contribution in [0.1, 0.15) is 45.6 Å². The third-order valence-electron chi connectivity index (χ3n) is 4.77. The molecule has 1 unspecified atom stereocenters. The molecule has 0 radical (unpaired) electrons. The summed E-state index contributed by atoms with van der Waals surface area (Å²) >= 11 is 0. The summed E-state index contributed by atoms with van der Waals surface area (Å²) in [7, 11) is -3.82. The highest BCUT2D eigenvalue weighted by Crippen LogP contribution is 2.47. The molecule has 0 aromatic heterocycles. The second kappa shape index (κ2) is 6.58. The van der Waals surface area contributed by atoms with E-state index in [1.54, 1.807) is 12.1 Å². The maximum atomic E-state index is 13.4. The van der Waals surface area contributed by atoms with Gasteiger partial charge in [0.05, 0.1) is 22.7 Å². The predicted molar refractivity (Wildman–Crippen MR) is 101 cm³/mol. The average Bonchev–Trinajstić information content (AvgIpc) is 2.55. The van der Waals surface area contributed by atoms with Gasteiger partial charge in [-0.1, -0.05) is 6.92 Å². The molecule has 0 amide bonds. The molecule has 3 rings (SSSR count). The van der Waals surface area contributed by atoms with Crippen molar-refractivity contribution in [2.45, 2.75) is 50.5 Å². The van der Waals surface area contributed by atoms with Crippen molar-refractivity contribution in [1.82, 2.24) is 0 Å². The molecule has 0 N–H and O–H groups in total. The first kappa shape index (κ1) is 18.7. The molecular weight excluding hydrogens is 353 g/mol. The number of rotatable bonds is 4. The molecule has 1 atom stereocenters. The Morgan fingerprint density at radius 3 is 2.46 bits per heavy atom. The number of hydrogen-bond acceptors (Lipinski definition) is 3. The van der Waals surface area contributed by atoms with E-state index in [-0.39, 0.29) is 10.8 Å². The van der Waals surface area contributed by atoms with E-state index in [1.807, 2.05) is 26.8 Å². The largest absolute Gasteiger partial charge is 0.494 e. The van der Waals surface area contributed by atoms with Crippen molar-refractivity contribution >= 4 is 15.7 Å². The van der Waals surface area contributed by atoms with Gasteiger partial charge in [0.2, 0.25) is 0 Å². The van der Waals surface area contributed by atoms with E-state index in [0.29, 0.717) is 18.7 Å². The van der Waals surface area contributed by atoms with Gasteiger partial charge in [0.1, 0.15) is 11.6 Å². The van der Waals surface area contributed by atoms with Gasteiger partial charge in [0, 0.05) is 0 Å². The highest BCUT2D eigenvalue weighted by molar-refractivity contribution is 7.93. The standard InChI is InChI=1S/C20H24FNO3S/c1-5-25-16-8-11-19-18(12-16)14(2)13-20(3,4)22(19)26(23,24)17-9-6-15(21)7-10-17/h6-12,14H,5,13H2,1-4H3. The highest BCUT2D eigenvalue weighted by atomic mass is 32.2. The first-order valence-electron chi connectivity index (χ1n) is 8.74. The Labute approximate surface area is 154 Å². The molecule has 1 aliphatic rings. The van der Waals surface area contributed by atoms with Gasteiger partial charge in [0.25, 0.3) is 10.0 Å². The Morgan fingerprint density at radius 2 is 1.85 bits per heavy atom. The fraction of sp³-hybridized carbons (Fsp3) is 0.400. The number of ether oxygens (including phenoxy) is 1.